The number of benzene rings is 3. The van der Waals surface area contributed by atoms with Crippen molar-refractivity contribution in [1.82, 2.24) is 14.8 Å². The van der Waals surface area contributed by atoms with Gasteiger partial charge in [-0.2, -0.15) is 4.98 Å². The van der Waals surface area contributed by atoms with Crippen LogP contribution in [0.5, 0.6) is 11.8 Å². The number of methoxy groups -OCH3 is 1. The fourth-order valence-electron chi connectivity index (χ4n) is 3.18. The van der Waals surface area contributed by atoms with Crippen molar-refractivity contribution in [2.45, 2.75) is 20.0 Å². The molecule has 0 spiro atoms. The number of rotatable bonds is 8. The number of nitrogens with zero attached hydrogens (tertiary/aromatic N) is 3. The van der Waals surface area contributed by atoms with Crippen LogP contribution in [-0.2, 0) is 11.4 Å². The summed E-state index contributed by atoms with van der Waals surface area (Å²) in [4.78, 5) is 16.4. The average Bonchev–Trinajstić information content (AvgIpc) is 3.28. The van der Waals surface area contributed by atoms with Gasteiger partial charge in [0.1, 0.15) is 18.2 Å². The molecule has 0 unspecified atom stereocenters. The van der Waals surface area contributed by atoms with Gasteiger partial charge in [-0.05, 0) is 48.0 Å². The smallest absolute Gasteiger partial charge is 0.336 e. The minimum Gasteiger partial charge on any atom is -0.497 e. The molecule has 0 radical (unpaired) electrons. The van der Waals surface area contributed by atoms with Gasteiger partial charge in [0.2, 0.25) is 5.91 Å². The highest BCUT2D eigenvalue weighted by molar-refractivity contribution is 5.90. The molecule has 33 heavy (non-hydrogen) atoms. The second kappa shape index (κ2) is 9.95. The Labute approximate surface area is 190 Å². The van der Waals surface area contributed by atoms with Gasteiger partial charge in [0.25, 0.3) is 0 Å². The first-order valence-corrected chi connectivity index (χ1v) is 10.4. The van der Waals surface area contributed by atoms with Gasteiger partial charge in [0, 0.05) is 17.7 Å². The van der Waals surface area contributed by atoms with Crippen LogP contribution < -0.4 is 14.8 Å². The van der Waals surface area contributed by atoms with Gasteiger partial charge >= 0.3 is 6.01 Å². The number of ether oxygens (including phenoxy) is 2. The van der Waals surface area contributed by atoms with E-state index in [9.17, 15) is 9.18 Å². The standard InChI is InChI=1S/C25H23FN4O3/c1-3-23(31)27-20-7-5-8-21(15-20)30-24(18-6-4-9-22(14-18)32-2)28-25(29-30)33-16-17-10-12-19(26)13-11-17/h4-15H,3,16H2,1-2H3,(H,27,31). The first-order chi connectivity index (χ1) is 16.1. The largest absolute Gasteiger partial charge is 0.497 e. The SMILES string of the molecule is CCC(=O)Nc1cccc(-n2nc(OCc3ccc(F)cc3)nc2-c2cccc(OC)c2)c1. The van der Waals surface area contributed by atoms with E-state index in [4.69, 9.17) is 9.47 Å². The summed E-state index contributed by atoms with van der Waals surface area (Å²) in [6.45, 7) is 1.98. The maximum Gasteiger partial charge on any atom is 0.336 e. The van der Waals surface area contributed by atoms with Crippen LogP contribution in [0.15, 0.2) is 72.8 Å². The summed E-state index contributed by atoms with van der Waals surface area (Å²) >= 11 is 0. The summed E-state index contributed by atoms with van der Waals surface area (Å²) in [5.41, 5.74) is 2.92. The number of carbonyl (C=O) groups excluding carboxylic acids is 1. The minimum atomic E-state index is -0.309. The normalized spacial score (nSPS) is 10.6. The maximum absolute atomic E-state index is 13.2. The average molecular weight is 446 g/mol. The molecule has 1 aromatic heterocycles. The molecule has 0 saturated carbocycles. The van der Waals surface area contributed by atoms with Crippen molar-refractivity contribution in [3.63, 3.8) is 0 Å². The van der Waals surface area contributed by atoms with E-state index in [1.807, 2.05) is 48.5 Å². The highest BCUT2D eigenvalue weighted by atomic mass is 19.1. The van der Waals surface area contributed by atoms with E-state index in [2.05, 4.69) is 15.4 Å². The molecule has 0 atom stereocenters. The number of hydrogen-bond donors (Lipinski definition) is 1. The molecule has 8 heteroatoms. The zero-order valence-corrected chi connectivity index (χ0v) is 18.3. The van der Waals surface area contributed by atoms with Crippen molar-refractivity contribution in [3.8, 4) is 28.8 Å². The lowest BCUT2D eigenvalue weighted by Crippen LogP contribution is -2.10. The molecule has 1 heterocycles. The Morgan fingerprint density at radius 2 is 1.85 bits per heavy atom. The van der Waals surface area contributed by atoms with E-state index in [1.54, 1.807) is 30.8 Å². The summed E-state index contributed by atoms with van der Waals surface area (Å²) in [5.74, 6) is 0.834. The van der Waals surface area contributed by atoms with E-state index >= 15 is 0 Å². The first kappa shape index (κ1) is 22.0. The molecule has 4 aromatic rings. The molecule has 1 N–H and O–H groups in total. The molecule has 0 aliphatic heterocycles. The predicted octanol–water partition coefficient (Wildman–Crippen LogP) is 5.01. The second-order valence-electron chi connectivity index (χ2n) is 7.23. The lowest BCUT2D eigenvalue weighted by Gasteiger charge is -2.09. The Hall–Kier alpha value is -4.20. The Morgan fingerprint density at radius 3 is 2.61 bits per heavy atom. The van der Waals surface area contributed by atoms with Crippen LogP contribution in [-0.4, -0.2) is 27.8 Å². The number of amides is 1. The van der Waals surface area contributed by atoms with Gasteiger partial charge in [-0.3, -0.25) is 4.79 Å². The Bertz CT molecular complexity index is 1250. The Morgan fingerprint density at radius 1 is 1.06 bits per heavy atom. The number of halogens is 1. The number of hydrogen-bond acceptors (Lipinski definition) is 5. The molecule has 7 nitrogen and oxygen atoms in total. The van der Waals surface area contributed by atoms with Gasteiger partial charge in [0.05, 0.1) is 12.8 Å². The lowest BCUT2D eigenvalue weighted by atomic mass is 10.2. The molecule has 0 bridgehead atoms. The topological polar surface area (TPSA) is 78.3 Å². The van der Waals surface area contributed by atoms with Gasteiger partial charge in [-0.1, -0.05) is 37.3 Å². The molecule has 0 saturated heterocycles. The van der Waals surface area contributed by atoms with E-state index < -0.39 is 0 Å². The number of carbonyl (C=O) groups is 1. The fraction of sp³-hybridized carbons (Fsp3) is 0.160. The van der Waals surface area contributed by atoms with E-state index in [-0.39, 0.29) is 24.3 Å². The van der Waals surface area contributed by atoms with Crippen molar-refractivity contribution < 1.29 is 18.7 Å². The van der Waals surface area contributed by atoms with Crippen molar-refractivity contribution in [2.75, 3.05) is 12.4 Å². The van der Waals surface area contributed by atoms with Crippen LogP contribution in [0.2, 0.25) is 0 Å². The van der Waals surface area contributed by atoms with Gasteiger partial charge < -0.3 is 14.8 Å². The third-order valence-electron chi connectivity index (χ3n) is 4.89. The third-order valence-corrected chi connectivity index (χ3v) is 4.89. The highest BCUT2D eigenvalue weighted by Gasteiger charge is 2.16. The van der Waals surface area contributed by atoms with Crippen LogP contribution in [0.1, 0.15) is 18.9 Å². The van der Waals surface area contributed by atoms with Crippen LogP contribution in [0.3, 0.4) is 0 Å². The van der Waals surface area contributed by atoms with Crippen molar-refractivity contribution in [2.24, 2.45) is 0 Å². The second-order valence-corrected chi connectivity index (χ2v) is 7.23. The zero-order valence-electron chi connectivity index (χ0n) is 18.3. The summed E-state index contributed by atoms with van der Waals surface area (Å²) in [6, 6.07) is 21.0. The van der Waals surface area contributed by atoms with Crippen LogP contribution in [0.25, 0.3) is 17.1 Å². The zero-order chi connectivity index (χ0) is 23.2. The van der Waals surface area contributed by atoms with E-state index in [0.29, 0.717) is 29.4 Å². The summed E-state index contributed by atoms with van der Waals surface area (Å²) < 4.78 is 26.0. The highest BCUT2D eigenvalue weighted by Crippen LogP contribution is 2.27. The maximum atomic E-state index is 13.2. The summed E-state index contributed by atoms with van der Waals surface area (Å²) in [6.07, 6.45) is 0.379. The predicted molar refractivity (Wildman–Crippen MR) is 123 cm³/mol. The van der Waals surface area contributed by atoms with Crippen molar-refractivity contribution >= 4 is 11.6 Å². The Kier molecular flexibility index (Phi) is 6.64. The Balaban J connectivity index is 1.70. The summed E-state index contributed by atoms with van der Waals surface area (Å²) in [7, 11) is 1.60. The monoisotopic (exact) mass is 446 g/mol. The van der Waals surface area contributed by atoms with Gasteiger partial charge in [0.15, 0.2) is 5.82 Å². The number of aromatic nitrogens is 3. The minimum absolute atomic E-state index is 0.0814. The van der Waals surface area contributed by atoms with Crippen LogP contribution in [0, 0.1) is 5.82 Å². The van der Waals surface area contributed by atoms with E-state index in [1.165, 1.54) is 12.1 Å². The van der Waals surface area contributed by atoms with Crippen molar-refractivity contribution in [1.29, 1.82) is 0 Å². The molecule has 0 aliphatic rings. The third kappa shape index (κ3) is 5.35. The molecule has 3 aromatic carbocycles. The van der Waals surface area contributed by atoms with Crippen molar-refractivity contribution in [3.05, 3.63) is 84.2 Å². The van der Waals surface area contributed by atoms with Crippen LogP contribution in [0.4, 0.5) is 10.1 Å². The van der Waals surface area contributed by atoms with E-state index in [0.717, 1.165) is 11.1 Å². The molecule has 168 valence electrons. The summed E-state index contributed by atoms with van der Waals surface area (Å²) in [5, 5.41) is 7.40. The molecule has 0 aliphatic carbocycles. The molecule has 4 rings (SSSR count). The molecular formula is C25H23FN4O3. The quantitative estimate of drug-likeness (QED) is 0.412. The first-order valence-electron chi connectivity index (χ1n) is 10.4. The molecular weight excluding hydrogens is 423 g/mol. The lowest BCUT2D eigenvalue weighted by molar-refractivity contribution is -0.115. The van der Waals surface area contributed by atoms with Gasteiger partial charge in [-0.15, -0.1) is 5.10 Å². The fourth-order valence-corrected chi connectivity index (χ4v) is 3.18. The molecule has 1 amide bonds. The van der Waals surface area contributed by atoms with Gasteiger partial charge in [-0.25, -0.2) is 9.07 Å². The number of anilines is 1. The number of nitrogens with one attached hydrogen (secondary N) is 1. The van der Waals surface area contributed by atoms with Crippen LogP contribution >= 0.6 is 0 Å². The molecule has 0 fully saturated rings.